The first-order valence-corrected chi connectivity index (χ1v) is 11.0. The number of unbranched alkanes of at least 4 members (excludes halogenated alkanes) is 1. The SMILES string of the molecule is NCCCCC(NC(=O)C(N)Cc1cnc[nH]1)C(=O)NC(CC(=O)O)C(=O)NC(CC(N)=O)C(=O)O. The van der Waals surface area contributed by atoms with Crippen LogP contribution < -0.4 is 33.2 Å². The van der Waals surface area contributed by atoms with Gasteiger partial charge in [-0.3, -0.25) is 24.0 Å². The monoisotopic (exact) mass is 512 g/mol. The second-order valence-corrected chi connectivity index (χ2v) is 7.96. The molecule has 0 radical (unpaired) electrons. The summed E-state index contributed by atoms with van der Waals surface area (Å²) in [5.74, 6) is -6.80. The Bertz CT molecular complexity index is 923. The number of hydrogen-bond acceptors (Lipinski definition) is 9. The highest BCUT2D eigenvalue weighted by Crippen LogP contribution is 2.05. The third-order valence-corrected chi connectivity index (χ3v) is 4.94. The van der Waals surface area contributed by atoms with E-state index in [4.69, 9.17) is 27.4 Å². The quantitative estimate of drug-likeness (QED) is 0.0915. The summed E-state index contributed by atoms with van der Waals surface area (Å²) in [5.41, 5.74) is 16.9. The lowest BCUT2D eigenvalue weighted by Gasteiger charge is -2.24. The number of aliphatic carboxylic acids is 2. The highest BCUT2D eigenvalue weighted by Gasteiger charge is 2.32. The second kappa shape index (κ2) is 15.0. The van der Waals surface area contributed by atoms with Gasteiger partial charge in [-0.15, -0.1) is 0 Å². The van der Waals surface area contributed by atoms with Crippen LogP contribution in [-0.2, 0) is 35.2 Å². The smallest absolute Gasteiger partial charge is 0.326 e. The van der Waals surface area contributed by atoms with Crippen LogP contribution in [0.25, 0.3) is 0 Å². The van der Waals surface area contributed by atoms with Crippen molar-refractivity contribution in [1.29, 1.82) is 0 Å². The second-order valence-electron chi connectivity index (χ2n) is 7.96. The molecular weight excluding hydrogens is 480 g/mol. The van der Waals surface area contributed by atoms with Crippen molar-refractivity contribution in [3.8, 4) is 0 Å². The molecule has 0 bridgehead atoms. The molecule has 0 saturated heterocycles. The minimum absolute atomic E-state index is 0.101. The van der Waals surface area contributed by atoms with Gasteiger partial charge in [0.2, 0.25) is 23.6 Å². The minimum atomic E-state index is -1.73. The van der Waals surface area contributed by atoms with Crippen LogP contribution in [-0.4, -0.2) is 86.5 Å². The molecule has 0 spiro atoms. The molecule has 36 heavy (non-hydrogen) atoms. The number of nitrogens with two attached hydrogens (primary N) is 3. The van der Waals surface area contributed by atoms with Gasteiger partial charge in [0.05, 0.1) is 25.2 Å². The van der Waals surface area contributed by atoms with E-state index in [2.05, 4.69) is 20.6 Å². The molecule has 0 aromatic carbocycles. The average Bonchev–Trinajstić information content (AvgIpc) is 3.29. The molecule has 0 aliphatic carbocycles. The van der Waals surface area contributed by atoms with E-state index in [9.17, 15) is 28.8 Å². The molecule has 1 aromatic heterocycles. The summed E-state index contributed by atoms with van der Waals surface area (Å²) in [6.45, 7) is 0.322. The first-order valence-electron chi connectivity index (χ1n) is 11.0. The van der Waals surface area contributed by atoms with Crippen molar-refractivity contribution in [3.05, 3.63) is 18.2 Å². The molecule has 1 heterocycles. The minimum Gasteiger partial charge on any atom is -0.481 e. The van der Waals surface area contributed by atoms with Crippen molar-refractivity contribution in [2.45, 2.75) is 62.7 Å². The van der Waals surface area contributed by atoms with Crippen LogP contribution in [0.1, 0.15) is 37.8 Å². The van der Waals surface area contributed by atoms with Crippen molar-refractivity contribution in [2.75, 3.05) is 6.54 Å². The largest absolute Gasteiger partial charge is 0.481 e. The van der Waals surface area contributed by atoms with Crippen LogP contribution >= 0.6 is 0 Å². The zero-order valence-corrected chi connectivity index (χ0v) is 19.4. The lowest BCUT2D eigenvalue weighted by atomic mass is 10.1. The van der Waals surface area contributed by atoms with Crippen molar-refractivity contribution < 1.29 is 39.0 Å². The number of aromatic nitrogens is 2. The zero-order chi connectivity index (χ0) is 27.3. The van der Waals surface area contributed by atoms with Gasteiger partial charge in [0, 0.05) is 18.3 Å². The number of imidazole rings is 1. The number of carbonyl (C=O) groups is 6. The Hall–Kier alpha value is -4.05. The van der Waals surface area contributed by atoms with Gasteiger partial charge in [0.25, 0.3) is 0 Å². The Morgan fingerprint density at radius 2 is 1.53 bits per heavy atom. The molecule has 0 aliphatic rings. The number of nitrogens with zero attached hydrogens (tertiary/aromatic N) is 1. The maximum absolute atomic E-state index is 12.9. The standard InChI is InChI=1S/C20H32N8O8/c21-4-2-1-3-12(26-17(32)11(22)5-10-8-24-9-25-10)18(33)27-13(7-16(30)31)19(34)28-14(20(35)36)6-15(23)29/h8-9,11-14H,1-7,21-22H2,(H2,23,29)(H,24,25)(H,26,32)(H,27,33)(H,28,34)(H,30,31)(H,35,36). The topological polar surface area (TPSA) is 286 Å². The molecule has 0 saturated carbocycles. The Kier molecular flexibility index (Phi) is 12.5. The number of carbonyl (C=O) groups excluding carboxylic acids is 4. The van der Waals surface area contributed by atoms with Crippen molar-refractivity contribution in [2.24, 2.45) is 17.2 Å². The molecule has 0 fully saturated rings. The number of H-pyrrole nitrogens is 1. The Morgan fingerprint density at radius 3 is 2.06 bits per heavy atom. The van der Waals surface area contributed by atoms with Crippen LogP contribution in [0, 0.1) is 0 Å². The summed E-state index contributed by atoms with van der Waals surface area (Å²) in [6, 6.07) is -5.68. The van der Waals surface area contributed by atoms with Crippen molar-refractivity contribution >= 4 is 35.6 Å². The summed E-state index contributed by atoms with van der Waals surface area (Å²) in [7, 11) is 0. The average molecular weight is 513 g/mol. The number of hydrogen-bond donors (Lipinski definition) is 9. The maximum Gasteiger partial charge on any atom is 0.326 e. The van der Waals surface area contributed by atoms with Gasteiger partial charge in [-0.05, 0) is 25.8 Å². The van der Waals surface area contributed by atoms with E-state index >= 15 is 0 Å². The summed E-state index contributed by atoms with van der Waals surface area (Å²) < 4.78 is 0. The number of carboxylic acid groups (broad SMARTS) is 2. The van der Waals surface area contributed by atoms with E-state index in [-0.39, 0.29) is 12.8 Å². The predicted molar refractivity (Wildman–Crippen MR) is 123 cm³/mol. The number of rotatable bonds is 17. The summed E-state index contributed by atoms with van der Waals surface area (Å²) >= 11 is 0. The Balaban J connectivity index is 2.96. The van der Waals surface area contributed by atoms with Crippen LogP contribution in [0.5, 0.6) is 0 Å². The van der Waals surface area contributed by atoms with E-state index in [1.165, 1.54) is 12.5 Å². The van der Waals surface area contributed by atoms with Gasteiger partial charge in [0.15, 0.2) is 0 Å². The van der Waals surface area contributed by atoms with Crippen LogP contribution in [0.2, 0.25) is 0 Å². The van der Waals surface area contributed by atoms with Gasteiger partial charge in [-0.1, -0.05) is 0 Å². The molecule has 12 N–H and O–H groups in total. The molecule has 16 nitrogen and oxygen atoms in total. The lowest BCUT2D eigenvalue weighted by Crippen LogP contribution is -2.57. The highest BCUT2D eigenvalue weighted by atomic mass is 16.4. The molecule has 4 unspecified atom stereocenters. The van der Waals surface area contributed by atoms with E-state index in [0.717, 1.165) is 0 Å². The zero-order valence-electron chi connectivity index (χ0n) is 19.4. The molecule has 4 atom stereocenters. The first-order chi connectivity index (χ1) is 16.9. The van der Waals surface area contributed by atoms with Gasteiger partial charge < -0.3 is 48.3 Å². The van der Waals surface area contributed by atoms with Crippen LogP contribution in [0.15, 0.2) is 12.5 Å². The fraction of sp³-hybridized carbons (Fsp3) is 0.550. The van der Waals surface area contributed by atoms with E-state index in [0.29, 0.717) is 25.1 Å². The maximum atomic E-state index is 12.9. The molecule has 16 heteroatoms. The van der Waals surface area contributed by atoms with Gasteiger partial charge >= 0.3 is 11.9 Å². The first kappa shape index (κ1) is 30.0. The third kappa shape index (κ3) is 10.9. The van der Waals surface area contributed by atoms with Gasteiger partial charge in [-0.25, -0.2) is 9.78 Å². The van der Waals surface area contributed by atoms with E-state index in [1.807, 2.05) is 5.32 Å². The summed E-state index contributed by atoms with van der Waals surface area (Å²) in [4.78, 5) is 78.3. The van der Waals surface area contributed by atoms with Gasteiger partial charge in [-0.2, -0.15) is 0 Å². The summed E-state index contributed by atoms with van der Waals surface area (Å²) in [5, 5.41) is 25.0. The van der Waals surface area contributed by atoms with Crippen molar-refractivity contribution in [1.82, 2.24) is 25.9 Å². The normalized spacial score (nSPS) is 14.1. The van der Waals surface area contributed by atoms with E-state index < -0.39 is 72.6 Å². The molecule has 1 rings (SSSR count). The van der Waals surface area contributed by atoms with E-state index in [1.54, 1.807) is 0 Å². The Morgan fingerprint density at radius 1 is 0.917 bits per heavy atom. The number of nitrogens with one attached hydrogen (secondary N) is 4. The predicted octanol–water partition coefficient (Wildman–Crippen LogP) is -3.70. The molecule has 0 aliphatic heterocycles. The van der Waals surface area contributed by atoms with Crippen LogP contribution in [0.4, 0.5) is 0 Å². The lowest BCUT2D eigenvalue weighted by molar-refractivity contribution is -0.144. The third-order valence-electron chi connectivity index (χ3n) is 4.94. The number of amides is 4. The fourth-order valence-electron chi connectivity index (χ4n) is 3.10. The van der Waals surface area contributed by atoms with Crippen molar-refractivity contribution in [3.63, 3.8) is 0 Å². The highest BCUT2D eigenvalue weighted by molar-refractivity contribution is 5.96. The molecule has 200 valence electrons. The van der Waals surface area contributed by atoms with Gasteiger partial charge in [0.1, 0.15) is 18.1 Å². The molecular formula is C20H32N8O8. The molecule has 4 amide bonds. The molecule has 1 aromatic rings. The fourth-order valence-corrected chi connectivity index (χ4v) is 3.10. The summed E-state index contributed by atoms with van der Waals surface area (Å²) in [6.07, 6.45) is 2.39. The number of carboxylic acids is 2. The number of aromatic amines is 1. The van der Waals surface area contributed by atoms with Crippen LogP contribution in [0.3, 0.4) is 0 Å². The number of primary amides is 1. The Labute approximate surface area is 205 Å².